The summed E-state index contributed by atoms with van der Waals surface area (Å²) in [6, 6.07) is 5.35. The van der Waals surface area contributed by atoms with E-state index in [-0.39, 0.29) is 11.6 Å². The van der Waals surface area contributed by atoms with Crippen LogP contribution in [0, 0.1) is 0 Å². The fourth-order valence-corrected chi connectivity index (χ4v) is 2.96. The molecular weight excluding hydrogens is 288 g/mol. The number of carboxylic acids is 1. The standard InChI is InChI=1S/C19H20N2O2/c1-12(2)10-11-13-6-4-8-15-17(13)20-18-14(19(22)23)7-5-9-16(18)21(15)3/h4-10,15H,11H2,1-3H3,(H,22,23). The molecule has 1 aliphatic carbocycles. The number of carboxylic acid groups (broad SMARTS) is 1. The maximum atomic E-state index is 11.5. The van der Waals surface area contributed by atoms with E-state index in [2.05, 4.69) is 43.1 Å². The molecule has 0 amide bonds. The molecule has 0 saturated carbocycles. The zero-order chi connectivity index (χ0) is 16.6. The Kier molecular flexibility index (Phi) is 3.90. The Morgan fingerprint density at radius 3 is 2.87 bits per heavy atom. The molecular formula is C19H20N2O2. The number of allylic oxidation sites excluding steroid dienone is 4. The Morgan fingerprint density at radius 2 is 2.17 bits per heavy atom. The molecule has 0 aromatic heterocycles. The SMILES string of the molecule is CC(C)=CCC1=CC=CC2C1=Nc1c(C(=O)O)cccc1N2C. The van der Waals surface area contributed by atoms with Gasteiger partial charge in [0.1, 0.15) is 5.69 Å². The maximum Gasteiger partial charge on any atom is 0.337 e. The van der Waals surface area contributed by atoms with Crippen LogP contribution in [0.15, 0.2) is 58.6 Å². The Hall–Kier alpha value is -2.62. The summed E-state index contributed by atoms with van der Waals surface area (Å²) in [5, 5.41) is 9.44. The van der Waals surface area contributed by atoms with Gasteiger partial charge in [0.05, 0.1) is 23.0 Å². The number of aliphatic imine (C=N–C) groups is 1. The maximum absolute atomic E-state index is 11.5. The molecule has 1 aliphatic heterocycles. The minimum absolute atomic E-state index is 0.0529. The van der Waals surface area contributed by atoms with E-state index < -0.39 is 5.97 Å². The summed E-state index contributed by atoms with van der Waals surface area (Å²) in [5.41, 5.74) is 4.98. The van der Waals surface area contributed by atoms with Gasteiger partial charge in [0.25, 0.3) is 0 Å². The summed E-state index contributed by atoms with van der Waals surface area (Å²) in [6.45, 7) is 4.15. The fourth-order valence-electron chi connectivity index (χ4n) is 2.96. The number of para-hydroxylation sites is 1. The molecule has 4 heteroatoms. The van der Waals surface area contributed by atoms with Gasteiger partial charge in [-0.15, -0.1) is 0 Å². The van der Waals surface area contributed by atoms with Crippen LogP contribution in [0.4, 0.5) is 11.4 Å². The molecule has 0 bridgehead atoms. The zero-order valence-electron chi connectivity index (χ0n) is 13.6. The zero-order valence-corrected chi connectivity index (χ0v) is 13.6. The predicted octanol–water partition coefficient (Wildman–Crippen LogP) is 4.13. The molecule has 0 radical (unpaired) electrons. The van der Waals surface area contributed by atoms with Crippen LogP contribution < -0.4 is 4.90 Å². The minimum Gasteiger partial charge on any atom is -0.478 e. The van der Waals surface area contributed by atoms with Crippen LogP contribution in [0.2, 0.25) is 0 Å². The summed E-state index contributed by atoms with van der Waals surface area (Å²) in [6.07, 6.45) is 9.20. The van der Waals surface area contributed by atoms with Gasteiger partial charge in [-0.2, -0.15) is 0 Å². The van der Waals surface area contributed by atoms with Gasteiger partial charge in [0.15, 0.2) is 0 Å². The van der Waals surface area contributed by atoms with Crippen molar-refractivity contribution in [1.29, 1.82) is 0 Å². The molecule has 1 aromatic carbocycles. The molecule has 3 rings (SSSR count). The normalized spacial score (nSPS) is 18.6. The molecule has 1 heterocycles. The third-order valence-corrected chi connectivity index (χ3v) is 4.20. The Morgan fingerprint density at radius 1 is 1.39 bits per heavy atom. The molecule has 2 aliphatic rings. The summed E-state index contributed by atoms with van der Waals surface area (Å²) < 4.78 is 0. The third kappa shape index (κ3) is 2.72. The Bertz CT molecular complexity index is 781. The van der Waals surface area contributed by atoms with Gasteiger partial charge in [-0.05, 0) is 38.0 Å². The first-order chi connectivity index (χ1) is 11.0. The lowest BCUT2D eigenvalue weighted by atomic mass is 9.91. The van der Waals surface area contributed by atoms with E-state index in [1.165, 1.54) is 5.57 Å². The van der Waals surface area contributed by atoms with Crippen molar-refractivity contribution in [3.8, 4) is 0 Å². The van der Waals surface area contributed by atoms with E-state index in [1.807, 2.05) is 13.1 Å². The van der Waals surface area contributed by atoms with Gasteiger partial charge in [0.2, 0.25) is 0 Å². The number of fused-ring (bicyclic) bond motifs is 2. The van der Waals surface area contributed by atoms with Crippen LogP contribution in [-0.2, 0) is 0 Å². The molecule has 0 spiro atoms. The first kappa shape index (κ1) is 15.3. The summed E-state index contributed by atoms with van der Waals surface area (Å²) >= 11 is 0. The van der Waals surface area contributed by atoms with Crippen molar-refractivity contribution in [2.45, 2.75) is 26.3 Å². The number of nitrogens with zero attached hydrogens (tertiary/aromatic N) is 2. The smallest absolute Gasteiger partial charge is 0.337 e. The highest BCUT2D eigenvalue weighted by atomic mass is 16.4. The van der Waals surface area contributed by atoms with E-state index in [4.69, 9.17) is 4.99 Å². The van der Waals surface area contributed by atoms with E-state index in [0.717, 1.165) is 23.4 Å². The molecule has 118 valence electrons. The molecule has 1 atom stereocenters. The summed E-state index contributed by atoms with van der Waals surface area (Å²) in [5.74, 6) is -0.945. The molecule has 1 unspecified atom stereocenters. The first-order valence-electron chi connectivity index (χ1n) is 7.68. The molecule has 0 fully saturated rings. The second-order valence-electron chi connectivity index (χ2n) is 6.09. The molecule has 1 aromatic rings. The minimum atomic E-state index is -0.945. The Labute approximate surface area is 136 Å². The van der Waals surface area contributed by atoms with Crippen molar-refractivity contribution in [3.63, 3.8) is 0 Å². The Balaban J connectivity index is 2.12. The van der Waals surface area contributed by atoms with E-state index >= 15 is 0 Å². The number of anilines is 1. The average Bonchev–Trinajstić information content (AvgIpc) is 2.52. The fraction of sp³-hybridized carbons (Fsp3) is 0.263. The van der Waals surface area contributed by atoms with Crippen LogP contribution in [0.3, 0.4) is 0 Å². The monoisotopic (exact) mass is 308 g/mol. The lowest BCUT2D eigenvalue weighted by Gasteiger charge is -2.36. The second-order valence-corrected chi connectivity index (χ2v) is 6.09. The van der Waals surface area contributed by atoms with Gasteiger partial charge >= 0.3 is 5.97 Å². The van der Waals surface area contributed by atoms with Crippen molar-refractivity contribution >= 4 is 23.1 Å². The van der Waals surface area contributed by atoms with E-state index in [9.17, 15) is 9.90 Å². The van der Waals surface area contributed by atoms with Crippen molar-refractivity contribution in [2.75, 3.05) is 11.9 Å². The van der Waals surface area contributed by atoms with Gasteiger partial charge in [0, 0.05) is 7.05 Å². The lowest BCUT2D eigenvalue weighted by molar-refractivity contribution is 0.0698. The van der Waals surface area contributed by atoms with Crippen molar-refractivity contribution in [3.05, 3.63) is 59.2 Å². The van der Waals surface area contributed by atoms with Crippen LogP contribution >= 0.6 is 0 Å². The molecule has 1 N–H and O–H groups in total. The lowest BCUT2D eigenvalue weighted by Crippen LogP contribution is -2.41. The highest BCUT2D eigenvalue weighted by Gasteiger charge is 2.31. The van der Waals surface area contributed by atoms with Crippen LogP contribution in [0.5, 0.6) is 0 Å². The predicted molar refractivity (Wildman–Crippen MR) is 94.0 cm³/mol. The number of benzene rings is 1. The van der Waals surface area contributed by atoms with Gasteiger partial charge in [-0.3, -0.25) is 0 Å². The highest BCUT2D eigenvalue weighted by Crippen LogP contribution is 2.39. The van der Waals surface area contributed by atoms with Gasteiger partial charge in [-0.25, -0.2) is 9.79 Å². The first-order valence-corrected chi connectivity index (χ1v) is 7.68. The third-order valence-electron chi connectivity index (χ3n) is 4.20. The van der Waals surface area contributed by atoms with Crippen LogP contribution in [0.25, 0.3) is 0 Å². The number of carbonyl (C=O) groups is 1. The van der Waals surface area contributed by atoms with Gasteiger partial charge in [-0.1, -0.05) is 35.9 Å². The number of hydrogen-bond donors (Lipinski definition) is 1. The summed E-state index contributed by atoms with van der Waals surface area (Å²) in [4.78, 5) is 18.3. The number of hydrogen-bond acceptors (Lipinski definition) is 3. The largest absolute Gasteiger partial charge is 0.478 e. The van der Waals surface area contributed by atoms with Crippen molar-refractivity contribution in [2.24, 2.45) is 4.99 Å². The van der Waals surface area contributed by atoms with Crippen molar-refractivity contribution < 1.29 is 9.90 Å². The van der Waals surface area contributed by atoms with Crippen LogP contribution in [-0.4, -0.2) is 29.9 Å². The van der Waals surface area contributed by atoms with Crippen molar-refractivity contribution in [1.82, 2.24) is 0 Å². The molecule has 4 nitrogen and oxygen atoms in total. The number of rotatable bonds is 3. The number of likely N-dealkylation sites (N-methyl/N-ethyl adjacent to an activating group) is 1. The topological polar surface area (TPSA) is 52.9 Å². The quantitative estimate of drug-likeness (QED) is 0.854. The summed E-state index contributed by atoms with van der Waals surface area (Å²) in [7, 11) is 1.98. The van der Waals surface area contributed by atoms with E-state index in [1.54, 1.807) is 12.1 Å². The second kappa shape index (κ2) is 5.88. The van der Waals surface area contributed by atoms with Gasteiger partial charge < -0.3 is 10.0 Å². The molecule has 23 heavy (non-hydrogen) atoms. The molecule has 0 saturated heterocycles. The average molecular weight is 308 g/mol. The van der Waals surface area contributed by atoms with E-state index in [0.29, 0.717) is 5.69 Å². The number of aromatic carboxylic acids is 1. The highest BCUT2D eigenvalue weighted by molar-refractivity contribution is 6.13. The van der Waals surface area contributed by atoms with Crippen LogP contribution in [0.1, 0.15) is 30.6 Å².